The monoisotopic (exact) mass is 476 g/mol. The molecule has 1 amide bonds. The maximum absolute atomic E-state index is 12.7. The highest BCUT2D eigenvalue weighted by Gasteiger charge is 2.14. The van der Waals surface area contributed by atoms with Gasteiger partial charge in [0.2, 0.25) is 5.91 Å². The summed E-state index contributed by atoms with van der Waals surface area (Å²) in [6, 6.07) is 22.9. The lowest BCUT2D eigenvalue weighted by Crippen LogP contribution is -2.27. The van der Waals surface area contributed by atoms with E-state index in [1.165, 1.54) is 10.6 Å². The molecule has 0 aliphatic rings. The molecule has 156 valence electrons. The Labute approximate surface area is 188 Å². The molecule has 7 heteroatoms. The number of nitrogens with zero attached hydrogens (tertiary/aromatic N) is 3. The van der Waals surface area contributed by atoms with E-state index in [2.05, 4.69) is 21.2 Å². The maximum Gasteiger partial charge on any atom is 0.251 e. The lowest BCUT2D eigenvalue weighted by atomic mass is 10.1. The minimum absolute atomic E-state index is 0.0888. The van der Waals surface area contributed by atoms with Crippen molar-refractivity contribution in [2.75, 3.05) is 5.32 Å². The van der Waals surface area contributed by atoms with Gasteiger partial charge in [-0.2, -0.15) is 5.10 Å². The molecule has 6 nitrogen and oxygen atoms in total. The number of carbonyl (C=O) groups excluding carboxylic acids is 1. The van der Waals surface area contributed by atoms with Crippen molar-refractivity contribution in [3.8, 4) is 11.3 Å². The molecule has 0 saturated heterocycles. The van der Waals surface area contributed by atoms with E-state index in [4.69, 9.17) is 5.10 Å². The molecule has 0 unspecified atom stereocenters. The lowest BCUT2D eigenvalue weighted by Gasteiger charge is -2.10. The molecule has 0 aliphatic heterocycles. The molecule has 4 aromatic rings. The summed E-state index contributed by atoms with van der Waals surface area (Å²) in [7, 11) is 0. The number of carbonyl (C=O) groups is 1. The first kappa shape index (κ1) is 20.8. The van der Waals surface area contributed by atoms with Crippen molar-refractivity contribution in [3.63, 3.8) is 0 Å². The Balaban J connectivity index is 1.64. The van der Waals surface area contributed by atoms with E-state index in [0.29, 0.717) is 12.4 Å². The van der Waals surface area contributed by atoms with Crippen LogP contribution in [-0.4, -0.2) is 20.3 Å². The Morgan fingerprint density at radius 3 is 2.55 bits per heavy atom. The Kier molecular flexibility index (Phi) is 6.13. The van der Waals surface area contributed by atoms with Crippen molar-refractivity contribution in [2.24, 2.45) is 0 Å². The smallest absolute Gasteiger partial charge is 0.251 e. The van der Waals surface area contributed by atoms with Crippen LogP contribution < -0.4 is 10.9 Å². The number of benzene rings is 2. The molecular formula is C24H21BrN4O2. The number of pyridine rings is 1. The van der Waals surface area contributed by atoms with Crippen molar-refractivity contribution >= 4 is 27.7 Å². The first-order chi connectivity index (χ1) is 15.0. The summed E-state index contributed by atoms with van der Waals surface area (Å²) < 4.78 is 3.87. The zero-order valence-corrected chi connectivity index (χ0v) is 18.5. The predicted octanol–water partition coefficient (Wildman–Crippen LogP) is 4.47. The molecule has 1 N–H and O–H groups in total. The zero-order chi connectivity index (χ0) is 21.8. The summed E-state index contributed by atoms with van der Waals surface area (Å²) in [5, 5.41) is 7.68. The average molecular weight is 477 g/mol. The van der Waals surface area contributed by atoms with Crippen LogP contribution >= 0.6 is 15.9 Å². The molecule has 0 atom stereocenters. The van der Waals surface area contributed by atoms with Gasteiger partial charge in [0.1, 0.15) is 12.4 Å². The van der Waals surface area contributed by atoms with E-state index in [0.717, 1.165) is 26.9 Å². The minimum Gasteiger partial charge on any atom is -0.309 e. The molecule has 0 radical (unpaired) electrons. The highest BCUT2D eigenvalue weighted by atomic mass is 79.9. The normalized spacial score (nSPS) is 10.8. The van der Waals surface area contributed by atoms with Crippen molar-refractivity contribution in [1.29, 1.82) is 0 Å². The van der Waals surface area contributed by atoms with Gasteiger partial charge < -0.3 is 9.88 Å². The van der Waals surface area contributed by atoms with Crippen molar-refractivity contribution in [1.82, 2.24) is 14.3 Å². The number of hydrogen-bond acceptors (Lipinski definition) is 3. The molecular weight excluding hydrogens is 456 g/mol. The highest BCUT2D eigenvalue weighted by Crippen LogP contribution is 2.25. The largest absolute Gasteiger partial charge is 0.309 e. The van der Waals surface area contributed by atoms with Crippen LogP contribution in [0.25, 0.3) is 11.3 Å². The predicted molar refractivity (Wildman–Crippen MR) is 125 cm³/mol. The summed E-state index contributed by atoms with van der Waals surface area (Å²) in [5.74, 6) is 0.279. The van der Waals surface area contributed by atoms with E-state index in [1.807, 2.05) is 67.6 Å². The third kappa shape index (κ3) is 5.00. The molecule has 0 spiro atoms. The van der Waals surface area contributed by atoms with Crippen LogP contribution in [0.15, 0.2) is 88.3 Å². The Morgan fingerprint density at radius 2 is 1.77 bits per heavy atom. The van der Waals surface area contributed by atoms with Gasteiger partial charge in [-0.1, -0.05) is 54.6 Å². The standard InChI is InChI=1S/C24H21BrN4O2/c1-17-7-5-6-10-20(17)21-13-22(29(27-21)14-18-8-3-2-4-9-18)26-23(30)16-28-15-19(25)11-12-24(28)31/h2-13,15H,14,16H2,1H3,(H,26,30). The summed E-state index contributed by atoms with van der Waals surface area (Å²) in [5.41, 5.74) is 3.72. The number of halogens is 1. The van der Waals surface area contributed by atoms with Gasteiger partial charge in [-0.15, -0.1) is 0 Å². The van der Waals surface area contributed by atoms with Crippen LogP contribution in [0.3, 0.4) is 0 Å². The quantitative estimate of drug-likeness (QED) is 0.446. The van der Waals surface area contributed by atoms with Crippen LogP contribution in [0.2, 0.25) is 0 Å². The number of aromatic nitrogens is 3. The van der Waals surface area contributed by atoms with E-state index >= 15 is 0 Å². The Hall–Kier alpha value is -3.45. The SMILES string of the molecule is Cc1ccccc1-c1cc(NC(=O)Cn2cc(Br)ccc2=O)n(Cc2ccccc2)n1. The van der Waals surface area contributed by atoms with E-state index < -0.39 is 0 Å². The lowest BCUT2D eigenvalue weighted by molar-refractivity contribution is -0.116. The Morgan fingerprint density at radius 1 is 1.03 bits per heavy atom. The van der Waals surface area contributed by atoms with Crippen LogP contribution in [0, 0.1) is 6.92 Å². The molecule has 2 aromatic heterocycles. The van der Waals surface area contributed by atoms with Gasteiger partial charge in [-0.25, -0.2) is 4.68 Å². The van der Waals surface area contributed by atoms with Crippen molar-refractivity contribution in [3.05, 3.63) is 105 Å². The summed E-state index contributed by atoms with van der Waals surface area (Å²) in [4.78, 5) is 24.8. The van der Waals surface area contributed by atoms with E-state index in [1.54, 1.807) is 16.9 Å². The molecule has 2 heterocycles. The summed E-state index contributed by atoms with van der Waals surface area (Å²) in [6.07, 6.45) is 1.60. The van der Waals surface area contributed by atoms with Gasteiger partial charge in [0.25, 0.3) is 5.56 Å². The number of anilines is 1. The fraction of sp³-hybridized carbons (Fsp3) is 0.125. The molecule has 31 heavy (non-hydrogen) atoms. The van der Waals surface area contributed by atoms with Gasteiger partial charge in [-0.3, -0.25) is 9.59 Å². The number of rotatable bonds is 6. The number of amides is 1. The fourth-order valence-electron chi connectivity index (χ4n) is 3.35. The van der Waals surface area contributed by atoms with E-state index in [9.17, 15) is 9.59 Å². The van der Waals surface area contributed by atoms with Gasteiger partial charge in [0, 0.05) is 28.4 Å². The van der Waals surface area contributed by atoms with Gasteiger partial charge >= 0.3 is 0 Å². The molecule has 0 aliphatic carbocycles. The highest BCUT2D eigenvalue weighted by molar-refractivity contribution is 9.10. The molecule has 0 saturated carbocycles. The first-order valence-electron chi connectivity index (χ1n) is 9.83. The average Bonchev–Trinajstić information content (AvgIpc) is 3.13. The number of nitrogens with one attached hydrogen (secondary N) is 1. The number of aryl methyl sites for hydroxylation is 1. The minimum atomic E-state index is -0.300. The topological polar surface area (TPSA) is 68.9 Å². The van der Waals surface area contributed by atoms with Gasteiger partial charge in [0.15, 0.2) is 0 Å². The zero-order valence-electron chi connectivity index (χ0n) is 17.0. The molecule has 0 fully saturated rings. The molecule has 0 bridgehead atoms. The second-order valence-corrected chi connectivity index (χ2v) is 8.15. The summed E-state index contributed by atoms with van der Waals surface area (Å²) in [6.45, 7) is 2.46. The first-order valence-corrected chi connectivity index (χ1v) is 10.6. The van der Waals surface area contributed by atoms with Crippen molar-refractivity contribution in [2.45, 2.75) is 20.0 Å². The van der Waals surface area contributed by atoms with Crippen LogP contribution in [0.4, 0.5) is 5.82 Å². The van der Waals surface area contributed by atoms with Gasteiger partial charge in [0.05, 0.1) is 12.2 Å². The molecule has 4 rings (SSSR count). The maximum atomic E-state index is 12.7. The second-order valence-electron chi connectivity index (χ2n) is 7.23. The Bertz CT molecular complexity index is 1280. The second kappa shape index (κ2) is 9.14. The third-order valence-electron chi connectivity index (χ3n) is 4.90. The van der Waals surface area contributed by atoms with Crippen LogP contribution in [0.1, 0.15) is 11.1 Å². The molecule has 2 aromatic carbocycles. The third-order valence-corrected chi connectivity index (χ3v) is 5.37. The van der Waals surface area contributed by atoms with Crippen LogP contribution in [-0.2, 0) is 17.9 Å². The summed E-state index contributed by atoms with van der Waals surface area (Å²) >= 11 is 3.33. The number of hydrogen-bond donors (Lipinski definition) is 1. The fourth-order valence-corrected chi connectivity index (χ4v) is 3.73. The van der Waals surface area contributed by atoms with Crippen molar-refractivity contribution < 1.29 is 4.79 Å². The van der Waals surface area contributed by atoms with Crippen LogP contribution in [0.5, 0.6) is 0 Å². The van der Waals surface area contributed by atoms with Gasteiger partial charge in [-0.05, 0) is 40.0 Å². The van der Waals surface area contributed by atoms with E-state index in [-0.39, 0.29) is 18.0 Å².